The summed E-state index contributed by atoms with van der Waals surface area (Å²) in [5, 5.41) is 20.3. The molecular weight excluding hydrogens is 272 g/mol. The lowest BCUT2D eigenvalue weighted by molar-refractivity contribution is 0.275. The second-order valence-corrected chi connectivity index (χ2v) is 5.11. The summed E-state index contributed by atoms with van der Waals surface area (Å²) in [5.41, 5.74) is 1.93. The molecule has 0 saturated heterocycles. The van der Waals surface area contributed by atoms with Crippen molar-refractivity contribution in [2.45, 2.75) is 19.4 Å². The molecular formula is C14H14N4OS. The van der Waals surface area contributed by atoms with Gasteiger partial charge in [0.05, 0.1) is 24.1 Å². The molecule has 0 saturated carbocycles. The van der Waals surface area contributed by atoms with Crippen LogP contribution in [-0.2, 0) is 6.54 Å². The van der Waals surface area contributed by atoms with Crippen molar-refractivity contribution in [1.29, 1.82) is 10.5 Å². The second kappa shape index (κ2) is 7.44. The van der Waals surface area contributed by atoms with Gasteiger partial charge in [-0.1, -0.05) is 0 Å². The highest BCUT2D eigenvalue weighted by Crippen LogP contribution is 2.24. The van der Waals surface area contributed by atoms with Gasteiger partial charge in [0, 0.05) is 43.4 Å². The number of thiazole rings is 1. The Morgan fingerprint density at radius 1 is 1.25 bits per heavy atom. The van der Waals surface area contributed by atoms with Crippen LogP contribution in [0.25, 0.3) is 10.6 Å². The molecule has 0 bridgehead atoms. The first-order valence-electron chi connectivity index (χ1n) is 6.26. The van der Waals surface area contributed by atoms with E-state index in [1.807, 2.05) is 11.4 Å². The van der Waals surface area contributed by atoms with Gasteiger partial charge in [-0.05, 0) is 6.07 Å². The first kappa shape index (κ1) is 14.3. The maximum Gasteiger partial charge on any atom is 0.126 e. The molecule has 0 spiro atoms. The number of furan rings is 1. The predicted molar refractivity (Wildman–Crippen MR) is 75.6 cm³/mol. The van der Waals surface area contributed by atoms with E-state index in [2.05, 4.69) is 22.0 Å². The normalized spacial score (nSPS) is 10.3. The Hall–Kier alpha value is -2.15. The molecule has 0 radical (unpaired) electrons. The highest BCUT2D eigenvalue weighted by atomic mass is 32.1. The predicted octanol–water partition coefficient (Wildman–Crippen LogP) is 3.03. The van der Waals surface area contributed by atoms with E-state index in [0.29, 0.717) is 32.5 Å². The van der Waals surface area contributed by atoms with Crippen molar-refractivity contribution >= 4 is 11.3 Å². The van der Waals surface area contributed by atoms with Crippen LogP contribution in [0.1, 0.15) is 18.5 Å². The van der Waals surface area contributed by atoms with E-state index in [1.54, 1.807) is 23.9 Å². The average Bonchev–Trinajstić information content (AvgIpc) is 3.12. The largest absolute Gasteiger partial charge is 0.472 e. The number of rotatable bonds is 7. The summed E-state index contributed by atoms with van der Waals surface area (Å²) in [6, 6.07) is 6.15. The molecule has 2 heterocycles. The van der Waals surface area contributed by atoms with E-state index in [-0.39, 0.29) is 0 Å². The van der Waals surface area contributed by atoms with Gasteiger partial charge in [0.1, 0.15) is 11.3 Å². The molecule has 2 rings (SSSR count). The summed E-state index contributed by atoms with van der Waals surface area (Å²) in [5.74, 6) is 0. The van der Waals surface area contributed by atoms with Crippen LogP contribution in [0.4, 0.5) is 0 Å². The maximum atomic E-state index is 8.67. The summed E-state index contributed by atoms with van der Waals surface area (Å²) < 4.78 is 5.05. The molecule has 0 aromatic carbocycles. The smallest absolute Gasteiger partial charge is 0.126 e. The minimum Gasteiger partial charge on any atom is -0.472 e. The molecule has 0 amide bonds. The van der Waals surface area contributed by atoms with Gasteiger partial charge in [0.2, 0.25) is 0 Å². The SMILES string of the molecule is N#CCCN(CCC#N)Cc1csc(-c2ccoc2)n1. The van der Waals surface area contributed by atoms with Crippen LogP contribution in [0.2, 0.25) is 0 Å². The Morgan fingerprint density at radius 3 is 2.60 bits per heavy atom. The minimum absolute atomic E-state index is 0.462. The molecule has 0 fully saturated rings. The third-order valence-electron chi connectivity index (χ3n) is 2.79. The van der Waals surface area contributed by atoms with E-state index in [4.69, 9.17) is 14.9 Å². The zero-order valence-electron chi connectivity index (χ0n) is 11.0. The van der Waals surface area contributed by atoms with Crippen LogP contribution in [0.15, 0.2) is 28.4 Å². The molecule has 5 nitrogen and oxygen atoms in total. The lowest BCUT2D eigenvalue weighted by Crippen LogP contribution is -2.25. The number of hydrogen-bond donors (Lipinski definition) is 0. The molecule has 0 unspecified atom stereocenters. The van der Waals surface area contributed by atoms with Crippen molar-refractivity contribution in [3.63, 3.8) is 0 Å². The van der Waals surface area contributed by atoms with E-state index < -0.39 is 0 Å². The Bertz CT molecular complexity index is 588. The van der Waals surface area contributed by atoms with Gasteiger partial charge in [-0.25, -0.2) is 4.98 Å². The third kappa shape index (κ3) is 3.92. The molecule has 2 aromatic heterocycles. The fourth-order valence-electron chi connectivity index (χ4n) is 1.81. The Labute approximate surface area is 121 Å². The van der Waals surface area contributed by atoms with Gasteiger partial charge in [-0.3, -0.25) is 4.90 Å². The standard InChI is InChI=1S/C14H14N4OS/c15-4-1-6-18(7-2-5-16)9-13-11-20-14(17-13)12-3-8-19-10-12/h3,8,10-11H,1-2,6-7,9H2. The number of hydrogen-bond acceptors (Lipinski definition) is 6. The minimum atomic E-state index is 0.462. The van der Waals surface area contributed by atoms with E-state index in [9.17, 15) is 0 Å². The Morgan fingerprint density at radius 2 is 2.00 bits per heavy atom. The summed E-state index contributed by atoms with van der Waals surface area (Å²) in [6.07, 6.45) is 4.22. The first-order chi connectivity index (χ1) is 9.83. The molecule has 0 atom stereocenters. The van der Waals surface area contributed by atoms with Gasteiger partial charge in [-0.2, -0.15) is 10.5 Å². The summed E-state index contributed by atoms with van der Waals surface area (Å²) in [6.45, 7) is 1.99. The van der Waals surface area contributed by atoms with Crippen molar-refractivity contribution in [1.82, 2.24) is 9.88 Å². The Kier molecular flexibility index (Phi) is 5.31. The highest BCUT2D eigenvalue weighted by Gasteiger charge is 2.10. The summed E-state index contributed by atoms with van der Waals surface area (Å²) in [7, 11) is 0. The summed E-state index contributed by atoms with van der Waals surface area (Å²) in [4.78, 5) is 6.64. The van der Waals surface area contributed by atoms with Crippen molar-refractivity contribution in [2.75, 3.05) is 13.1 Å². The van der Waals surface area contributed by atoms with Crippen LogP contribution < -0.4 is 0 Å². The summed E-state index contributed by atoms with van der Waals surface area (Å²) >= 11 is 1.57. The third-order valence-corrected chi connectivity index (χ3v) is 3.73. The molecule has 2 aromatic rings. The number of nitrogens with zero attached hydrogens (tertiary/aromatic N) is 4. The van der Waals surface area contributed by atoms with Gasteiger partial charge in [0.15, 0.2) is 0 Å². The molecule has 6 heteroatoms. The molecule has 102 valence electrons. The molecule has 0 aliphatic rings. The zero-order valence-corrected chi connectivity index (χ0v) is 11.8. The van der Waals surface area contributed by atoms with Crippen LogP contribution >= 0.6 is 11.3 Å². The first-order valence-corrected chi connectivity index (χ1v) is 7.14. The van der Waals surface area contributed by atoms with Crippen molar-refractivity contribution in [3.05, 3.63) is 29.7 Å². The van der Waals surface area contributed by atoms with Crippen LogP contribution in [0.5, 0.6) is 0 Å². The van der Waals surface area contributed by atoms with Gasteiger partial charge in [0.25, 0.3) is 0 Å². The number of nitriles is 2. The highest BCUT2D eigenvalue weighted by molar-refractivity contribution is 7.13. The van der Waals surface area contributed by atoms with Gasteiger partial charge >= 0.3 is 0 Å². The fraction of sp³-hybridized carbons (Fsp3) is 0.357. The quantitative estimate of drug-likeness (QED) is 0.781. The van der Waals surface area contributed by atoms with Crippen LogP contribution in [0, 0.1) is 22.7 Å². The van der Waals surface area contributed by atoms with Crippen molar-refractivity contribution in [2.24, 2.45) is 0 Å². The van der Waals surface area contributed by atoms with Crippen molar-refractivity contribution in [3.8, 4) is 22.7 Å². The lowest BCUT2D eigenvalue weighted by atomic mass is 10.3. The van der Waals surface area contributed by atoms with E-state index >= 15 is 0 Å². The van der Waals surface area contributed by atoms with Crippen molar-refractivity contribution < 1.29 is 4.42 Å². The zero-order chi connectivity index (χ0) is 14.2. The lowest BCUT2D eigenvalue weighted by Gasteiger charge is -2.18. The van der Waals surface area contributed by atoms with E-state index in [1.165, 1.54) is 0 Å². The topological polar surface area (TPSA) is 76.8 Å². The molecule has 20 heavy (non-hydrogen) atoms. The Balaban J connectivity index is 1.99. The molecule has 0 N–H and O–H groups in total. The van der Waals surface area contributed by atoms with E-state index in [0.717, 1.165) is 16.3 Å². The number of aromatic nitrogens is 1. The molecule has 0 aliphatic carbocycles. The van der Waals surface area contributed by atoms with Gasteiger partial charge in [-0.15, -0.1) is 11.3 Å². The monoisotopic (exact) mass is 286 g/mol. The fourth-order valence-corrected chi connectivity index (χ4v) is 2.61. The second-order valence-electron chi connectivity index (χ2n) is 4.25. The molecule has 0 aliphatic heterocycles. The maximum absolute atomic E-state index is 8.67. The average molecular weight is 286 g/mol. The van der Waals surface area contributed by atoms with Crippen LogP contribution in [-0.4, -0.2) is 23.0 Å². The van der Waals surface area contributed by atoms with Gasteiger partial charge < -0.3 is 4.42 Å². The van der Waals surface area contributed by atoms with Crippen LogP contribution in [0.3, 0.4) is 0 Å².